The average molecular weight is 362 g/mol. The zero-order chi connectivity index (χ0) is 14.7. The molecule has 106 valence electrons. The Balaban J connectivity index is 2.55. The van der Waals surface area contributed by atoms with Crippen LogP contribution in [0, 0.1) is 11.6 Å². The molecule has 1 aromatic carbocycles. The number of benzene rings is 1. The van der Waals surface area contributed by atoms with Gasteiger partial charge in [-0.25, -0.2) is 8.78 Å². The van der Waals surface area contributed by atoms with Gasteiger partial charge in [0.15, 0.2) is 0 Å². The summed E-state index contributed by atoms with van der Waals surface area (Å²) in [5.74, 6) is -1.08. The van der Waals surface area contributed by atoms with Gasteiger partial charge in [0.2, 0.25) is 0 Å². The zero-order valence-corrected chi connectivity index (χ0v) is 13.0. The lowest BCUT2D eigenvalue weighted by molar-refractivity contribution is 0.518. The molecule has 0 aliphatic carbocycles. The number of halogens is 4. The van der Waals surface area contributed by atoms with Crippen LogP contribution in [0.5, 0.6) is 0 Å². The Morgan fingerprint density at radius 2 is 2.10 bits per heavy atom. The molecule has 2 aromatic rings. The van der Waals surface area contributed by atoms with E-state index in [1.807, 2.05) is 6.92 Å². The van der Waals surface area contributed by atoms with Gasteiger partial charge in [0, 0.05) is 16.2 Å². The van der Waals surface area contributed by atoms with E-state index in [0.29, 0.717) is 11.0 Å². The first-order valence-electron chi connectivity index (χ1n) is 6.03. The molecule has 0 bridgehead atoms. The molecule has 20 heavy (non-hydrogen) atoms. The van der Waals surface area contributed by atoms with Crippen LogP contribution in [0.2, 0.25) is 5.02 Å². The second-order valence-electron chi connectivity index (χ2n) is 4.13. The number of aromatic nitrogens is 1. The van der Waals surface area contributed by atoms with Gasteiger partial charge in [-0.05, 0) is 40.7 Å². The molecule has 6 heteroatoms. The third-order valence-electron chi connectivity index (χ3n) is 2.84. The minimum atomic E-state index is -0.688. The van der Waals surface area contributed by atoms with Crippen molar-refractivity contribution in [2.24, 2.45) is 0 Å². The fourth-order valence-electron chi connectivity index (χ4n) is 1.93. The van der Waals surface area contributed by atoms with Crippen LogP contribution in [0.25, 0.3) is 0 Å². The number of pyridine rings is 1. The molecule has 2 nitrogen and oxygen atoms in total. The Morgan fingerprint density at radius 3 is 2.75 bits per heavy atom. The molecule has 0 saturated carbocycles. The van der Waals surface area contributed by atoms with Crippen LogP contribution >= 0.6 is 27.5 Å². The summed E-state index contributed by atoms with van der Waals surface area (Å²) in [5.41, 5.74) is 0.407. The summed E-state index contributed by atoms with van der Waals surface area (Å²) in [6.07, 6.45) is 1.47. The van der Waals surface area contributed by atoms with Crippen LogP contribution in [-0.4, -0.2) is 11.5 Å². The number of hydrogen-bond donors (Lipinski definition) is 1. The van der Waals surface area contributed by atoms with Gasteiger partial charge in [-0.15, -0.1) is 0 Å². The molecule has 0 spiro atoms. The SMILES string of the molecule is CCNC(c1ccc(Br)c(Cl)c1F)c1ncccc1F. The maximum absolute atomic E-state index is 14.3. The van der Waals surface area contributed by atoms with Gasteiger partial charge < -0.3 is 5.32 Å². The predicted molar refractivity (Wildman–Crippen MR) is 78.8 cm³/mol. The summed E-state index contributed by atoms with van der Waals surface area (Å²) < 4.78 is 28.6. The summed E-state index contributed by atoms with van der Waals surface area (Å²) >= 11 is 9.05. The normalized spacial score (nSPS) is 12.4. The molecule has 0 radical (unpaired) electrons. The van der Waals surface area contributed by atoms with Crippen molar-refractivity contribution < 1.29 is 8.78 Å². The third kappa shape index (κ3) is 3.00. The molecule has 1 aromatic heterocycles. The first-order chi connectivity index (χ1) is 9.56. The highest BCUT2D eigenvalue weighted by Gasteiger charge is 2.23. The van der Waals surface area contributed by atoms with Crippen LogP contribution in [0.1, 0.15) is 24.2 Å². The van der Waals surface area contributed by atoms with Gasteiger partial charge in [-0.2, -0.15) is 0 Å². The van der Waals surface area contributed by atoms with Crippen molar-refractivity contribution in [3.63, 3.8) is 0 Å². The van der Waals surface area contributed by atoms with E-state index < -0.39 is 17.7 Å². The van der Waals surface area contributed by atoms with Gasteiger partial charge in [0.25, 0.3) is 0 Å². The lowest BCUT2D eigenvalue weighted by Crippen LogP contribution is -2.25. The molecule has 1 unspecified atom stereocenters. The van der Waals surface area contributed by atoms with Gasteiger partial charge in [0.1, 0.15) is 11.6 Å². The van der Waals surface area contributed by atoms with Crippen molar-refractivity contribution in [1.82, 2.24) is 10.3 Å². The van der Waals surface area contributed by atoms with E-state index in [1.165, 1.54) is 18.3 Å². The Morgan fingerprint density at radius 1 is 1.35 bits per heavy atom. The number of hydrogen-bond acceptors (Lipinski definition) is 2. The average Bonchev–Trinajstić information content (AvgIpc) is 2.44. The van der Waals surface area contributed by atoms with E-state index in [4.69, 9.17) is 11.6 Å². The minimum Gasteiger partial charge on any atom is -0.305 e. The summed E-state index contributed by atoms with van der Waals surface area (Å²) in [7, 11) is 0. The lowest BCUT2D eigenvalue weighted by Gasteiger charge is -2.19. The van der Waals surface area contributed by atoms with Crippen LogP contribution < -0.4 is 5.32 Å². The summed E-state index contributed by atoms with van der Waals surface area (Å²) in [6, 6.07) is 5.29. The van der Waals surface area contributed by atoms with E-state index in [2.05, 4.69) is 26.2 Å². The van der Waals surface area contributed by atoms with Crippen molar-refractivity contribution in [3.8, 4) is 0 Å². The van der Waals surface area contributed by atoms with Crippen molar-refractivity contribution >= 4 is 27.5 Å². The fraction of sp³-hybridized carbons (Fsp3) is 0.214. The number of nitrogens with one attached hydrogen (secondary N) is 1. The van der Waals surface area contributed by atoms with Gasteiger partial charge >= 0.3 is 0 Å². The van der Waals surface area contributed by atoms with Crippen LogP contribution in [0.3, 0.4) is 0 Å². The summed E-state index contributed by atoms with van der Waals surface area (Å²) in [6.45, 7) is 2.39. The zero-order valence-electron chi connectivity index (χ0n) is 10.6. The predicted octanol–water partition coefficient (Wildman–Crippen LogP) is 4.47. The maximum Gasteiger partial charge on any atom is 0.148 e. The Bertz CT molecular complexity index is 622. The Kier molecular flexibility index (Phi) is 5.07. The first kappa shape index (κ1) is 15.4. The standard InChI is InChI=1S/C14H12BrClF2N2/c1-2-19-13(14-10(17)4-3-7-20-14)8-5-6-9(15)11(16)12(8)18/h3-7,13,19H,2H2,1H3. The molecular weight excluding hydrogens is 350 g/mol. The van der Waals surface area contributed by atoms with E-state index in [9.17, 15) is 8.78 Å². The highest BCUT2D eigenvalue weighted by molar-refractivity contribution is 9.10. The van der Waals surface area contributed by atoms with Gasteiger partial charge in [-0.3, -0.25) is 4.98 Å². The smallest absolute Gasteiger partial charge is 0.148 e. The van der Waals surface area contributed by atoms with Crippen molar-refractivity contribution in [2.45, 2.75) is 13.0 Å². The van der Waals surface area contributed by atoms with E-state index in [0.717, 1.165) is 0 Å². The second kappa shape index (κ2) is 6.61. The lowest BCUT2D eigenvalue weighted by atomic mass is 10.0. The Labute approximate surface area is 129 Å². The first-order valence-corrected chi connectivity index (χ1v) is 7.20. The molecule has 0 saturated heterocycles. The fourth-order valence-corrected chi connectivity index (χ4v) is 2.41. The van der Waals surface area contributed by atoms with Crippen molar-refractivity contribution in [3.05, 3.63) is 62.8 Å². The van der Waals surface area contributed by atoms with E-state index >= 15 is 0 Å². The van der Waals surface area contributed by atoms with E-state index in [1.54, 1.807) is 12.1 Å². The number of nitrogens with zero attached hydrogens (tertiary/aromatic N) is 1. The second-order valence-corrected chi connectivity index (χ2v) is 5.36. The molecule has 1 atom stereocenters. The van der Waals surface area contributed by atoms with E-state index in [-0.39, 0.29) is 16.3 Å². The molecule has 0 aliphatic rings. The third-order valence-corrected chi connectivity index (χ3v) is 4.10. The summed E-state index contributed by atoms with van der Waals surface area (Å²) in [4.78, 5) is 4.01. The molecule has 0 aliphatic heterocycles. The minimum absolute atomic E-state index is 0.0262. The highest BCUT2D eigenvalue weighted by Crippen LogP contribution is 2.32. The van der Waals surface area contributed by atoms with Crippen molar-refractivity contribution in [2.75, 3.05) is 6.54 Å². The molecular formula is C14H12BrClF2N2. The summed E-state index contributed by atoms with van der Waals surface area (Å²) in [5, 5.41) is 3.00. The molecule has 1 N–H and O–H groups in total. The van der Waals surface area contributed by atoms with Crippen LogP contribution in [0.4, 0.5) is 8.78 Å². The molecule has 0 fully saturated rings. The quantitative estimate of drug-likeness (QED) is 0.813. The molecule has 0 amide bonds. The number of rotatable bonds is 4. The largest absolute Gasteiger partial charge is 0.305 e. The van der Waals surface area contributed by atoms with Crippen molar-refractivity contribution in [1.29, 1.82) is 0 Å². The monoisotopic (exact) mass is 360 g/mol. The maximum atomic E-state index is 14.3. The van der Waals surface area contributed by atoms with Gasteiger partial charge in [0.05, 0.1) is 16.8 Å². The molecule has 2 rings (SSSR count). The molecule has 1 heterocycles. The Hall–Kier alpha value is -1.04. The van der Waals surface area contributed by atoms with Gasteiger partial charge in [-0.1, -0.05) is 24.6 Å². The van der Waals surface area contributed by atoms with Crippen LogP contribution in [-0.2, 0) is 0 Å². The highest BCUT2D eigenvalue weighted by atomic mass is 79.9. The topological polar surface area (TPSA) is 24.9 Å². The van der Waals surface area contributed by atoms with Crippen LogP contribution in [0.15, 0.2) is 34.9 Å².